The van der Waals surface area contributed by atoms with Gasteiger partial charge >= 0.3 is 0 Å². The number of hydrogen-bond donors (Lipinski definition) is 2. The largest absolute Gasteiger partial charge is 0.497 e. The van der Waals surface area contributed by atoms with E-state index in [9.17, 15) is 0 Å². The number of ether oxygens (including phenoxy) is 1. The lowest BCUT2D eigenvalue weighted by Gasteiger charge is -2.35. The summed E-state index contributed by atoms with van der Waals surface area (Å²) in [6, 6.07) is 16.6. The standard InChI is InChI=1S/C18H24N2O/c1-13-12-15(21-4)10-11-16(13)17(20-19)18(2,3)14-8-6-5-7-9-14/h5-12,17,20H,19H2,1-4H3. The van der Waals surface area contributed by atoms with Crippen LogP contribution in [-0.4, -0.2) is 7.11 Å². The fourth-order valence-corrected chi connectivity index (χ4v) is 2.82. The van der Waals surface area contributed by atoms with Crippen molar-refractivity contribution in [3.63, 3.8) is 0 Å². The zero-order valence-corrected chi connectivity index (χ0v) is 13.2. The summed E-state index contributed by atoms with van der Waals surface area (Å²) in [5.41, 5.74) is 6.47. The van der Waals surface area contributed by atoms with Crippen LogP contribution >= 0.6 is 0 Å². The summed E-state index contributed by atoms with van der Waals surface area (Å²) in [7, 11) is 1.68. The van der Waals surface area contributed by atoms with Crippen LogP contribution in [0.5, 0.6) is 5.75 Å². The van der Waals surface area contributed by atoms with E-state index in [4.69, 9.17) is 10.6 Å². The van der Waals surface area contributed by atoms with Crippen LogP contribution in [-0.2, 0) is 5.41 Å². The topological polar surface area (TPSA) is 47.3 Å². The van der Waals surface area contributed by atoms with Crippen molar-refractivity contribution in [3.05, 3.63) is 65.2 Å². The van der Waals surface area contributed by atoms with Crippen molar-refractivity contribution in [1.29, 1.82) is 0 Å². The van der Waals surface area contributed by atoms with Gasteiger partial charge in [-0.2, -0.15) is 0 Å². The van der Waals surface area contributed by atoms with E-state index in [0.717, 1.165) is 5.75 Å². The SMILES string of the molecule is COc1ccc(C(NN)C(C)(C)c2ccccc2)c(C)c1. The van der Waals surface area contributed by atoms with Crippen LogP contribution in [0.25, 0.3) is 0 Å². The van der Waals surface area contributed by atoms with E-state index in [0.29, 0.717) is 0 Å². The number of hydrogen-bond acceptors (Lipinski definition) is 3. The van der Waals surface area contributed by atoms with E-state index in [2.05, 4.69) is 56.5 Å². The van der Waals surface area contributed by atoms with Gasteiger partial charge in [-0.3, -0.25) is 11.3 Å². The molecule has 3 nitrogen and oxygen atoms in total. The number of nitrogens with two attached hydrogens (primary N) is 1. The van der Waals surface area contributed by atoms with Gasteiger partial charge in [0.2, 0.25) is 0 Å². The van der Waals surface area contributed by atoms with Gasteiger partial charge in [0.1, 0.15) is 5.75 Å². The predicted octanol–water partition coefficient (Wildman–Crippen LogP) is 3.49. The minimum absolute atomic E-state index is 0.0193. The molecule has 1 atom stereocenters. The highest BCUT2D eigenvalue weighted by Gasteiger charge is 2.32. The molecule has 0 aliphatic carbocycles. The van der Waals surface area contributed by atoms with Gasteiger partial charge in [-0.05, 0) is 35.7 Å². The van der Waals surface area contributed by atoms with Gasteiger partial charge in [-0.25, -0.2) is 0 Å². The minimum Gasteiger partial charge on any atom is -0.497 e. The number of rotatable bonds is 5. The molecular formula is C18H24N2O. The fourth-order valence-electron chi connectivity index (χ4n) is 2.82. The molecule has 0 spiro atoms. The fraction of sp³-hybridized carbons (Fsp3) is 0.333. The molecule has 112 valence electrons. The second-order valence-electron chi connectivity index (χ2n) is 5.91. The molecule has 2 aromatic rings. The van der Waals surface area contributed by atoms with E-state index in [1.165, 1.54) is 16.7 Å². The maximum absolute atomic E-state index is 5.89. The van der Waals surface area contributed by atoms with E-state index >= 15 is 0 Å². The zero-order chi connectivity index (χ0) is 15.5. The molecule has 0 aliphatic rings. The van der Waals surface area contributed by atoms with E-state index < -0.39 is 0 Å². The molecule has 0 heterocycles. The smallest absolute Gasteiger partial charge is 0.119 e. The van der Waals surface area contributed by atoms with Crippen molar-refractivity contribution in [2.75, 3.05) is 7.11 Å². The molecule has 21 heavy (non-hydrogen) atoms. The highest BCUT2D eigenvalue weighted by Crippen LogP contribution is 2.38. The van der Waals surface area contributed by atoms with Crippen molar-refractivity contribution in [3.8, 4) is 5.75 Å². The summed E-state index contributed by atoms with van der Waals surface area (Å²) < 4.78 is 5.28. The van der Waals surface area contributed by atoms with Crippen molar-refractivity contribution in [2.45, 2.75) is 32.2 Å². The van der Waals surface area contributed by atoms with Crippen LogP contribution < -0.4 is 16.0 Å². The average molecular weight is 284 g/mol. The van der Waals surface area contributed by atoms with Crippen molar-refractivity contribution < 1.29 is 4.74 Å². The maximum Gasteiger partial charge on any atom is 0.119 e. The second-order valence-corrected chi connectivity index (χ2v) is 5.91. The summed E-state index contributed by atoms with van der Waals surface area (Å²) in [5, 5.41) is 0. The molecule has 0 bridgehead atoms. The molecule has 0 radical (unpaired) electrons. The van der Waals surface area contributed by atoms with Crippen molar-refractivity contribution in [1.82, 2.24) is 5.43 Å². The molecule has 0 aliphatic heterocycles. The third kappa shape index (κ3) is 3.09. The molecule has 2 rings (SSSR count). The van der Waals surface area contributed by atoms with Crippen LogP contribution in [0.2, 0.25) is 0 Å². The average Bonchev–Trinajstić information content (AvgIpc) is 2.50. The third-order valence-corrected chi connectivity index (χ3v) is 4.19. The molecule has 0 fully saturated rings. The Morgan fingerprint density at radius 3 is 2.29 bits per heavy atom. The van der Waals surface area contributed by atoms with Crippen LogP contribution in [0.15, 0.2) is 48.5 Å². The lowest BCUT2D eigenvalue weighted by atomic mass is 9.74. The van der Waals surface area contributed by atoms with Crippen LogP contribution in [0, 0.1) is 6.92 Å². The highest BCUT2D eigenvalue weighted by atomic mass is 16.5. The summed E-state index contributed by atoms with van der Waals surface area (Å²) in [4.78, 5) is 0. The molecule has 3 N–H and O–H groups in total. The first kappa shape index (κ1) is 15.5. The maximum atomic E-state index is 5.89. The molecule has 0 amide bonds. The van der Waals surface area contributed by atoms with Gasteiger partial charge < -0.3 is 4.74 Å². The molecule has 1 unspecified atom stereocenters. The first-order valence-corrected chi connectivity index (χ1v) is 7.17. The highest BCUT2D eigenvalue weighted by molar-refractivity contribution is 5.40. The summed E-state index contributed by atoms with van der Waals surface area (Å²) in [6.45, 7) is 6.50. The Morgan fingerprint density at radius 1 is 1.10 bits per heavy atom. The Bertz CT molecular complexity index is 593. The van der Waals surface area contributed by atoms with E-state index in [-0.39, 0.29) is 11.5 Å². The normalized spacial score (nSPS) is 13.0. The van der Waals surface area contributed by atoms with Gasteiger partial charge in [-0.15, -0.1) is 0 Å². The monoisotopic (exact) mass is 284 g/mol. The van der Waals surface area contributed by atoms with E-state index in [1.54, 1.807) is 7.11 Å². The minimum atomic E-state index is -0.130. The Labute approximate surface area is 127 Å². The predicted molar refractivity (Wildman–Crippen MR) is 87.3 cm³/mol. The van der Waals surface area contributed by atoms with Crippen molar-refractivity contribution in [2.24, 2.45) is 5.84 Å². The van der Waals surface area contributed by atoms with Gasteiger partial charge in [0.25, 0.3) is 0 Å². The van der Waals surface area contributed by atoms with Gasteiger partial charge in [0, 0.05) is 5.41 Å². The van der Waals surface area contributed by atoms with Crippen LogP contribution in [0.4, 0.5) is 0 Å². The first-order valence-electron chi connectivity index (χ1n) is 7.17. The lowest BCUT2D eigenvalue weighted by Crippen LogP contribution is -2.41. The summed E-state index contributed by atoms with van der Waals surface area (Å²) >= 11 is 0. The molecule has 2 aromatic carbocycles. The molecule has 3 heteroatoms. The zero-order valence-electron chi connectivity index (χ0n) is 13.2. The number of methoxy groups -OCH3 is 1. The van der Waals surface area contributed by atoms with Crippen molar-refractivity contribution >= 4 is 0 Å². The Morgan fingerprint density at radius 2 is 1.76 bits per heavy atom. The van der Waals surface area contributed by atoms with Gasteiger partial charge in [0.05, 0.1) is 13.2 Å². The molecular weight excluding hydrogens is 260 g/mol. The molecule has 0 aromatic heterocycles. The number of benzene rings is 2. The lowest BCUT2D eigenvalue weighted by molar-refractivity contribution is 0.351. The number of nitrogens with one attached hydrogen (secondary N) is 1. The Kier molecular flexibility index (Phi) is 4.66. The molecule has 0 saturated heterocycles. The Hall–Kier alpha value is -1.84. The quantitative estimate of drug-likeness (QED) is 0.652. The Balaban J connectivity index is 2.44. The van der Waals surface area contributed by atoms with E-state index in [1.807, 2.05) is 18.2 Å². The third-order valence-electron chi connectivity index (χ3n) is 4.19. The summed E-state index contributed by atoms with van der Waals surface area (Å²) in [6.07, 6.45) is 0. The number of aryl methyl sites for hydroxylation is 1. The number of hydrazine groups is 1. The van der Waals surface area contributed by atoms with Crippen LogP contribution in [0.3, 0.4) is 0 Å². The first-order chi connectivity index (χ1) is 10.0. The van der Waals surface area contributed by atoms with Gasteiger partial charge in [-0.1, -0.05) is 50.2 Å². The summed E-state index contributed by atoms with van der Waals surface area (Å²) in [5.74, 6) is 6.75. The second kappa shape index (κ2) is 6.29. The molecule has 0 saturated carbocycles. The van der Waals surface area contributed by atoms with Gasteiger partial charge in [0.15, 0.2) is 0 Å². The van der Waals surface area contributed by atoms with Crippen LogP contribution in [0.1, 0.15) is 36.6 Å².